The first-order chi connectivity index (χ1) is 23.9. The summed E-state index contributed by atoms with van der Waals surface area (Å²) in [5, 5.41) is 0.264. The van der Waals surface area contributed by atoms with Gasteiger partial charge >= 0.3 is 6.09 Å². The Morgan fingerprint density at radius 2 is 1.54 bits per heavy atom. The summed E-state index contributed by atoms with van der Waals surface area (Å²) in [5.41, 5.74) is 3.22. The third kappa shape index (κ3) is 9.19. The predicted molar refractivity (Wildman–Crippen MR) is 222 cm³/mol. The maximum absolute atomic E-state index is 13.3. The molecule has 0 bridgehead atoms. The van der Waals surface area contributed by atoms with Crippen molar-refractivity contribution in [2.45, 2.75) is 181 Å². The molecule has 8 heteroatoms. The zero-order valence-corrected chi connectivity index (χ0v) is 37.7. The largest absolute Gasteiger partial charge is 0.434 e. The summed E-state index contributed by atoms with van der Waals surface area (Å²) in [7, 11) is -4.00. The molecule has 294 valence electrons. The third-order valence-electron chi connectivity index (χ3n) is 14.4. The predicted octanol–water partition coefficient (Wildman–Crippen LogP) is 12.0. The molecule has 0 radical (unpaired) electrons. The molecule has 6 atom stereocenters. The highest BCUT2D eigenvalue weighted by molar-refractivity contribution is 6.74. The van der Waals surface area contributed by atoms with Gasteiger partial charge in [0.2, 0.25) is 0 Å². The number of carbonyl (C=O) groups excluding carboxylic acids is 2. The van der Waals surface area contributed by atoms with Crippen LogP contribution in [0.25, 0.3) is 0 Å². The number of rotatable bonds is 12. The first-order valence-electron chi connectivity index (χ1n) is 20.6. The van der Waals surface area contributed by atoms with Crippen LogP contribution in [-0.4, -0.2) is 64.3 Å². The second-order valence-electron chi connectivity index (χ2n) is 20.0. The van der Waals surface area contributed by atoms with Gasteiger partial charge in [-0.05, 0) is 142 Å². The van der Waals surface area contributed by atoms with Crippen molar-refractivity contribution in [1.29, 1.82) is 0 Å². The molecule has 4 aliphatic rings. The van der Waals surface area contributed by atoms with Crippen molar-refractivity contribution in [3.05, 3.63) is 47.6 Å². The van der Waals surface area contributed by atoms with Crippen LogP contribution in [-0.2, 0) is 18.4 Å². The van der Waals surface area contributed by atoms with E-state index in [0.717, 1.165) is 31.3 Å². The van der Waals surface area contributed by atoms with E-state index in [9.17, 15) is 9.59 Å². The molecule has 4 saturated carbocycles. The normalized spacial score (nSPS) is 30.5. The lowest BCUT2D eigenvalue weighted by atomic mass is 9.61. The number of carbonyl (C=O) groups is 2. The number of ketones is 1. The highest BCUT2D eigenvalue weighted by atomic mass is 28.4. The second kappa shape index (κ2) is 15.8. The molecule has 4 aliphatic carbocycles. The van der Waals surface area contributed by atoms with Crippen LogP contribution in [0.15, 0.2) is 47.6 Å². The SMILES string of the molecule is C=C1/C(=C/C=C2\CCC[C@]3(C)[C@@H]([C@H](C)/C=C/C(=O)C4(OC(=O)N(CC)CC)CC4)CC[C@@H]23)C[C@@H](O[Si](C)(C)C(C)(C)C)C[C@@H]1O[Si](C)(C)C(C)(C)C. The molecule has 0 aliphatic heterocycles. The summed E-state index contributed by atoms with van der Waals surface area (Å²) in [6, 6.07) is 0. The molecular weight excluding hydrogens is 679 g/mol. The van der Waals surface area contributed by atoms with Crippen LogP contribution < -0.4 is 0 Å². The van der Waals surface area contributed by atoms with E-state index in [2.05, 4.69) is 106 Å². The highest BCUT2D eigenvalue weighted by Gasteiger charge is 2.54. The Kier molecular flexibility index (Phi) is 13.0. The number of ether oxygens (including phenoxy) is 1. The summed E-state index contributed by atoms with van der Waals surface area (Å²) in [6.45, 7) is 37.8. The average Bonchev–Trinajstić information content (AvgIpc) is 3.72. The van der Waals surface area contributed by atoms with Gasteiger partial charge in [0.05, 0.1) is 12.2 Å². The van der Waals surface area contributed by atoms with Crippen molar-refractivity contribution in [3.63, 3.8) is 0 Å². The monoisotopic (exact) mass is 754 g/mol. The maximum Gasteiger partial charge on any atom is 0.410 e. The van der Waals surface area contributed by atoms with Crippen LogP contribution in [0.1, 0.15) is 127 Å². The van der Waals surface area contributed by atoms with Crippen molar-refractivity contribution in [2.75, 3.05) is 13.1 Å². The van der Waals surface area contributed by atoms with Gasteiger partial charge in [-0.2, -0.15) is 0 Å². The van der Waals surface area contributed by atoms with E-state index in [4.69, 9.17) is 13.6 Å². The van der Waals surface area contributed by atoms with Crippen molar-refractivity contribution in [3.8, 4) is 0 Å². The van der Waals surface area contributed by atoms with Crippen molar-refractivity contribution in [1.82, 2.24) is 4.90 Å². The van der Waals surface area contributed by atoms with Crippen LogP contribution in [0.4, 0.5) is 4.79 Å². The van der Waals surface area contributed by atoms with E-state index in [-0.39, 0.29) is 45.5 Å². The standard InChI is InChI=1S/C44H75NO5Si2/c1-16-45(17-2)40(47)48-44(27-28-44)39(46)25-20-31(3)36-23-24-37-33(19-18-26-43(36,37)11)21-22-34-29-35(49-51(12,13)41(5,6)7)30-38(32(34)4)50-52(14,15)42(8,9)10/h20-22,25,31,35-38H,4,16-19,23-24,26-30H2,1-3,5-15H3/b25-20+,33-21+,34-22+/t31-,35-,36-,37+,38+,43-/m1/s1. The van der Waals surface area contributed by atoms with Gasteiger partial charge in [0, 0.05) is 19.5 Å². The lowest BCUT2D eigenvalue weighted by molar-refractivity contribution is -0.125. The van der Waals surface area contributed by atoms with Crippen LogP contribution in [0.2, 0.25) is 36.3 Å². The smallest absolute Gasteiger partial charge is 0.410 e. The van der Waals surface area contributed by atoms with Crippen molar-refractivity contribution < 1.29 is 23.2 Å². The molecule has 0 saturated heterocycles. The lowest BCUT2D eigenvalue weighted by Crippen LogP contribution is -2.49. The van der Waals surface area contributed by atoms with Gasteiger partial charge in [0.15, 0.2) is 28.0 Å². The van der Waals surface area contributed by atoms with Gasteiger partial charge in [-0.3, -0.25) is 4.79 Å². The zero-order valence-electron chi connectivity index (χ0n) is 35.7. The minimum Gasteiger partial charge on any atom is -0.434 e. The minimum atomic E-state index is -2.02. The summed E-state index contributed by atoms with van der Waals surface area (Å²) in [4.78, 5) is 27.6. The molecule has 4 fully saturated rings. The Labute approximate surface area is 320 Å². The number of allylic oxidation sites excluding steroid dienone is 4. The Balaban J connectivity index is 1.53. The molecule has 0 spiro atoms. The summed E-state index contributed by atoms with van der Waals surface area (Å²) in [6.07, 6.45) is 17.3. The molecule has 0 unspecified atom stereocenters. The highest BCUT2D eigenvalue weighted by Crippen LogP contribution is 2.59. The summed E-state index contributed by atoms with van der Waals surface area (Å²) in [5.74, 6) is 1.25. The first kappa shape index (κ1) is 43.0. The molecule has 0 heterocycles. The molecule has 52 heavy (non-hydrogen) atoms. The Morgan fingerprint density at radius 1 is 0.942 bits per heavy atom. The fourth-order valence-corrected chi connectivity index (χ4v) is 11.3. The number of amides is 1. The van der Waals surface area contributed by atoms with Crippen LogP contribution in [0, 0.1) is 23.2 Å². The molecule has 0 aromatic carbocycles. The van der Waals surface area contributed by atoms with Gasteiger partial charge < -0.3 is 18.5 Å². The Morgan fingerprint density at radius 3 is 2.10 bits per heavy atom. The van der Waals surface area contributed by atoms with Gasteiger partial charge in [-0.1, -0.05) is 85.8 Å². The average molecular weight is 754 g/mol. The number of hydrogen-bond donors (Lipinski definition) is 0. The van der Waals surface area contributed by atoms with Gasteiger partial charge in [0.25, 0.3) is 0 Å². The lowest BCUT2D eigenvalue weighted by Gasteiger charge is -2.45. The fraction of sp³-hybridized carbons (Fsp3) is 0.773. The van der Waals surface area contributed by atoms with Crippen molar-refractivity contribution >= 4 is 28.5 Å². The first-order valence-corrected chi connectivity index (χ1v) is 26.4. The van der Waals surface area contributed by atoms with Gasteiger partial charge in [-0.25, -0.2) is 4.79 Å². The Hall–Kier alpha value is -1.75. The van der Waals surface area contributed by atoms with Gasteiger partial charge in [0.1, 0.15) is 0 Å². The molecule has 0 aromatic rings. The minimum absolute atomic E-state index is 0.0209. The van der Waals surface area contributed by atoms with Crippen LogP contribution in [0.3, 0.4) is 0 Å². The van der Waals surface area contributed by atoms with E-state index in [1.807, 2.05) is 13.8 Å². The molecule has 1 amide bonds. The molecule has 0 N–H and O–H groups in total. The fourth-order valence-electron chi connectivity index (χ4n) is 8.66. The summed E-state index contributed by atoms with van der Waals surface area (Å²) >= 11 is 0. The van der Waals surface area contributed by atoms with E-state index in [1.165, 1.54) is 24.8 Å². The van der Waals surface area contributed by atoms with E-state index >= 15 is 0 Å². The molecule has 0 aromatic heterocycles. The molecule has 6 nitrogen and oxygen atoms in total. The Bertz CT molecular complexity index is 1420. The third-order valence-corrected chi connectivity index (χ3v) is 23.4. The van der Waals surface area contributed by atoms with E-state index in [1.54, 1.807) is 16.5 Å². The number of nitrogens with zero attached hydrogens (tertiary/aromatic N) is 1. The van der Waals surface area contributed by atoms with Crippen LogP contribution in [0.5, 0.6) is 0 Å². The van der Waals surface area contributed by atoms with Crippen LogP contribution >= 0.6 is 0 Å². The van der Waals surface area contributed by atoms with Crippen molar-refractivity contribution in [2.24, 2.45) is 23.2 Å². The second-order valence-corrected chi connectivity index (χ2v) is 29.5. The summed E-state index contributed by atoms with van der Waals surface area (Å²) < 4.78 is 19.9. The van der Waals surface area contributed by atoms with Gasteiger partial charge in [-0.15, -0.1) is 0 Å². The molecular formula is C44H75NO5Si2. The zero-order chi connectivity index (χ0) is 39.1. The number of fused-ring (bicyclic) bond motifs is 1. The van der Waals surface area contributed by atoms with E-state index < -0.39 is 22.2 Å². The van der Waals surface area contributed by atoms with E-state index in [0.29, 0.717) is 37.8 Å². The number of hydrogen-bond acceptors (Lipinski definition) is 5. The topological polar surface area (TPSA) is 65.1 Å². The molecule has 4 rings (SSSR count). The maximum atomic E-state index is 13.3. The quantitative estimate of drug-likeness (QED) is 0.147.